The molecule has 0 rings (SSSR count). The van der Waals surface area contributed by atoms with E-state index >= 15 is 0 Å². The first-order valence-electron chi connectivity index (χ1n) is 4.44. The minimum Gasteiger partial charge on any atom is -0.370 e. The van der Waals surface area contributed by atoms with Crippen LogP contribution in [0.3, 0.4) is 0 Å². The first-order valence-corrected chi connectivity index (χ1v) is 4.44. The van der Waals surface area contributed by atoms with Crippen LogP contribution in [0.15, 0.2) is 0 Å². The molecular weight excluding hydrogens is 186 g/mol. The van der Waals surface area contributed by atoms with Gasteiger partial charge in [-0.1, -0.05) is 0 Å². The van der Waals surface area contributed by atoms with Crippen molar-refractivity contribution < 1.29 is 14.3 Å². The van der Waals surface area contributed by atoms with Gasteiger partial charge in [0.05, 0.1) is 6.61 Å². The molecule has 0 aliphatic carbocycles. The highest BCUT2D eigenvalue weighted by atomic mass is 16.5. The van der Waals surface area contributed by atoms with E-state index in [0.29, 0.717) is 26.1 Å². The molecule has 0 heterocycles. The standard InChI is InChI=1S/C8H17N3O3/c1-10-3-2-8(13)11-4-5-14-6-7(9)12/h10H,2-6H2,1H3,(H2,9,12)(H,11,13). The molecule has 0 aromatic carbocycles. The van der Waals surface area contributed by atoms with Gasteiger partial charge in [0.2, 0.25) is 11.8 Å². The van der Waals surface area contributed by atoms with Gasteiger partial charge >= 0.3 is 0 Å². The summed E-state index contributed by atoms with van der Waals surface area (Å²) in [7, 11) is 1.78. The highest BCUT2D eigenvalue weighted by molar-refractivity contribution is 5.76. The molecule has 0 atom stereocenters. The molecule has 0 bridgehead atoms. The number of carbonyl (C=O) groups excluding carboxylic acids is 2. The van der Waals surface area contributed by atoms with Gasteiger partial charge in [-0.05, 0) is 7.05 Å². The quantitative estimate of drug-likeness (QED) is 0.406. The summed E-state index contributed by atoms with van der Waals surface area (Å²) < 4.78 is 4.85. The van der Waals surface area contributed by atoms with Crippen molar-refractivity contribution in [1.82, 2.24) is 10.6 Å². The number of ether oxygens (including phenoxy) is 1. The third-order valence-corrected chi connectivity index (χ3v) is 1.41. The maximum atomic E-state index is 11.0. The molecule has 0 aliphatic heterocycles. The molecule has 0 aliphatic rings. The minimum absolute atomic E-state index is 0.0398. The molecular formula is C8H17N3O3. The summed E-state index contributed by atoms with van der Waals surface area (Å²) in [5.74, 6) is -0.548. The molecule has 0 radical (unpaired) electrons. The second-order valence-electron chi connectivity index (χ2n) is 2.72. The molecule has 0 aromatic rings. The topological polar surface area (TPSA) is 93.4 Å². The normalized spacial score (nSPS) is 9.79. The zero-order valence-electron chi connectivity index (χ0n) is 8.34. The number of hydrogen-bond donors (Lipinski definition) is 3. The fraction of sp³-hybridized carbons (Fsp3) is 0.750. The molecule has 0 saturated heterocycles. The second kappa shape index (κ2) is 8.46. The Morgan fingerprint density at radius 3 is 2.64 bits per heavy atom. The molecule has 4 N–H and O–H groups in total. The van der Waals surface area contributed by atoms with Crippen molar-refractivity contribution >= 4 is 11.8 Å². The molecule has 6 nitrogen and oxygen atoms in total. The van der Waals surface area contributed by atoms with Crippen LogP contribution in [0.25, 0.3) is 0 Å². The van der Waals surface area contributed by atoms with Crippen LogP contribution in [-0.4, -0.2) is 45.2 Å². The molecule has 6 heteroatoms. The molecule has 0 fully saturated rings. The zero-order valence-corrected chi connectivity index (χ0v) is 8.34. The van der Waals surface area contributed by atoms with E-state index in [1.54, 1.807) is 7.05 Å². The lowest BCUT2D eigenvalue weighted by molar-refractivity contribution is -0.122. The number of nitrogens with two attached hydrogens (primary N) is 1. The summed E-state index contributed by atoms with van der Waals surface area (Å²) in [5, 5.41) is 5.50. The minimum atomic E-state index is -0.508. The van der Waals surface area contributed by atoms with Crippen molar-refractivity contribution in [3.8, 4) is 0 Å². The highest BCUT2D eigenvalue weighted by Gasteiger charge is 1.99. The van der Waals surface area contributed by atoms with Gasteiger partial charge in [-0.25, -0.2) is 0 Å². The Kier molecular flexibility index (Phi) is 7.77. The number of primary amides is 1. The van der Waals surface area contributed by atoms with E-state index in [9.17, 15) is 9.59 Å². The second-order valence-corrected chi connectivity index (χ2v) is 2.72. The lowest BCUT2D eigenvalue weighted by atomic mass is 10.4. The van der Waals surface area contributed by atoms with Crippen LogP contribution in [0, 0.1) is 0 Å². The summed E-state index contributed by atoms with van der Waals surface area (Å²) >= 11 is 0. The van der Waals surface area contributed by atoms with E-state index in [2.05, 4.69) is 10.6 Å². The van der Waals surface area contributed by atoms with Crippen molar-refractivity contribution in [1.29, 1.82) is 0 Å². The Bertz CT molecular complexity index is 185. The van der Waals surface area contributed by atoms with E-state index < -0.39 is 5.91 Å². The fourth-order valence-electron chi connectivity index (χ4n) is 0.762. The number of rotatable bonds is 8. The van der Waals surface area contributed by atoms with Crippen LogP contribution in [0.2, 0.25) is 0 Å². The van der Waals surface area contributed by atoms with Crippen LogP contribution in [0.4, 0.5) is 0 Å². The molecule has 2 amide bonds. The van der Waals surface area contributed by atoms with E-state index in [4.69, 9.17) is 10.5 Å². The Hall–Kier alpha value is -1.14. The molecule has 82 valence electrons. The van der Waals surface area contributed by atoms with E-state index in [-0.39, 0.29) is 12.5 Å². The van der Waals surface area contributed by atoms with Gasteiger partial charge in [0.1, 0.15) is 6.61 Å². The van der Waals surface area contributed by atoms with E-state index in [1.807, 2.05) is 0 Å². The summed E-state index contributed by atoms with van der Waals surface area (Å²) in [6.45, 7) is 1.24. The van der Waals surface area contributed by atoms with Gasteiger partial charge in [0, 0.05) is 19.5 Å². The average molecular weight is 203 g/mol. The lowest BCUT2D eigenvalue weighted by Crippen LogP contribution is -2.30. The van der Waals surface area contributed by atoms with Gasteiger partial charge in [0.15, 0.2) is 0 Å². The first-order chi connectivity index (χ1) is 6.66. The summed E-state index contributed by atoms with van der Waals surface area (Å²) in [6, 6.07) is 0. The Morgan fingerprint density at radius 2 is 2.07 bits per heavy atom. The van der Waals surface area contributed by atoms with Crippen molar-refractivity contribution in [3.63, 3.8) is 0 Å². The van der Waals surface area contributed by atoms with Crippen LogP contribution < -0.4 is 16.4 Å². The Labute approximate surface area is 83.2 Å². The van der Waals surface area contributed by atoms with Crippen molar-refractivity contribution in [2.24, 2.45) is 5.73 Å². The maximum absolute atomic E-state index is 11.0. The van der Waals surface area contributed by atoms with Crippen molar-refractivity contribution in [2.75, 3.05) is 33.4 Å². The van der Waals surface area contributed by atoms with Gasteiger partial charge in [-0.2, -0.15) is 0 Å². The van der Waals surface area contributed by atoms with Gasteiger partial charge < -0.3 is 21.1 Å². The third-order valence-electron chi connectivity index (χ3n) is 1.41. The van der Waals surface area contributed by atoms with Crippen molar-refractivity contribution in [3.05, 3.63) is 0 Å². The smallest absolute Gasteiger partial charge is 0.243 e. The molecule has 0 saturated carbocycles. The van der Waals surface area contributed by atoms with Crippen molar-refractivity contribution in [2.45, 2.75) is 6.42 Å². The number of hydrogen-bond acceptors (Lipinski definition) is 4. The molecule has 14 heavy (non-hydrogen) atoms. The number of amides is 2. The summed E-state index contributed by atoms with van der Waals surface area (Å²) in [5.41, 5.74) is 4.84. The van der Waals surface area contributed by atoms with Gasteiger partial charge in [-0.15, -0.1) is 0 Å². The van der Waals surface area contributed by atoms with E-state index in [1.165, 1.54) is 0 Å². The zero-order chi connectivity index (χ0) is 10.8. The Morgan fingerprint density at radius 1 is 1.36 bits per heavy atom. The fourth-order valence-corrected chi connectivity index (χ4v) is 0.762. The Balaban J connectivity index is 3.19. The van der Waals surface area contributed by atoms with Crippen LogP contribution in [0.1, 0.15) is 6.42 Å². The highest BCUT2D eigenvalue weighted by Crippen LogP contribution is 1.77. The molecule has 0 unspecified atom stereocenters. The largest absolute Gasteiger partial charge is 0.370 e. The lowest BCUT2D eigenvalue weighted by Gasteiger charge is -2.04. The monoisotopic (exact) mass is 203 g/mol. The van der Waals surface area contributed by atoms with Gasteiger partial charge in [-0.3, -0.25) is 9.59 Å². The third kappa shape index (κ3) is 8.95. The number of carbonyl (C=O) groups is 2. The van der Waals surface area contributed by atoms with Gasteiger partial charge in [0.25, 0.3) is 0 Å². The SMILES string of the molecule is CNCCC(=O)NCCOCC(N)=O. The maximum Gasteiger partial charge on any atom is 0.243 e. The van der Waals surface area contributed by atoms with E-state index in [0.717, 1.165) is 0 Å². The predicted octanol–water partition coefficient (Wildman–Crippen LogP) is -1.79. The van der Waals surface area contributed by atoms with Crippen LogP contribution >= 0.6 is 0 Å². The number of nitrogens with one attached hydrogen (secondary N) is 2. The first kappa shape index (κ1) is 12.9. The molecule has 0 aromatic heterocycles. The predicted molar refractivity (Wildman–Crippen MR) is 51.6 cm³/mol. The van der Waals surface area contributed by atoms with Crippen LogP contribution in [-0.2, 0) is 14.3 Å². The summed E-state index contributed by atoms with van der Waals surface area (Å²) in [4.78, 5) is 21.2. The molecule has 0 spiro atoms. The summed E-state index contributed by atoms with van der Waals surface area (Å²) in [6.07, 6.45) is 0.437. The van der Waals surface area contributed by atoms with Crippen LogP contribution in [0.5, 0.6) is 0 Å². The average Bonchev–Trinajstić information content (AvgIpc) is 2.13.